The van der Waals surface area contributed by atoms with E-state index < -0.39 is 5.54 Å². The minimum Gasteiger partial charge on any atom is -0.496 e. The number of ether oxygens (including phenoxy) is 1. The van der Waals surface area contributed by atoms with Gasteiger partial charge in [0.2, 0.25) is 0 Å². The summed E-state index contributed by atoms with van der Waals surface area (Å²) in [5.41, 5.74) is 1.97. The van der Waals surface area contributed by atoms with E-state index in [9.17, 15) is 9.18 Å². The van der Waals surface area contributed by atoms with Gasteiger partial charge in [0.25, 0.3) is 0 Å². The molecule has 0 spiro atoms. The minimum absolute atomic E-state index is 0.235. The number of benzene rings is 2. The first kappa shape index (κ1) is 21.6. The monoisotopic (exact) mass is 413 g/mol. The van der Waals surface area contributed by atoms with E-state index in [0.717, 1.165) is 17.0 Å². The molecule has 0 bridgehead atoms. The fourth-order valence-electron chi connectivity index (χ4n) is 3.29. The number of halogens is 1. The van der Waals surface area contributed by atoms with Crippen molar-refractivity contribution < 1.29 is 18.8 Å². The second-order valence-electron chi connectivity index (χ2n) is 8.36. The molecule has 1 aliphatic heterocycles. The number of nitrogens with one attached hydrogen (secondary N) is 1. The van der Waals surface area contributed by atoms with Crippen LogP contribution in [0.4, 0.5) is 9.18 Å². The topological polar surface area (TPSA) is 63.2 Å². The Kier molecular flexibility index (Phi) is 6.59. The Morgan fingerprint density at radius 3 is 2.73 bits per heavy atom. The van der Waals surface area contributed by atoms with Crippen LogP contribution in [0.25, 0.3) is 0 Å². The molecule has 2 aromatic carbocycles. The number of carbonyl (C=O) groups excluding carboxylic acids is 1. The summed E-state index contributed by atoms with van der Waals surface area (Å²) >= 11 is 0. The van der Waals surface area contributed by atoms with Crippen molar-refractivity contribution in [2.24, 2.45) is 5.16 Å². The fourth-order valence-corrected chi connectivity index (χ4v) is 3.29. The third-order valence-electron chi connectivity index (χ3n) is 4.61. The lowest BCUT2D eigenvalue weighted by Gasteiger charge is -2.29. The molecule has 0 fully saturated rings. The number of nitrogens with zero attached hydrogens (tertiary/aromatic N) is 2. The quantitative estimate of drug-likeness (QED) is 0.766. The summed E-state index contributed by atoms with van der Waals surface area (Å²) in [5, 5.41) is 7.19. The number of hydrogen-bond donors (Lipinski definition) is 1. The normalized spacial score (nSPS) is 15.9. The maximum atomic E-state index is 13.6. The summed E-state index contributed by atoms with van der Waals surface area (Å²) < 4.78 is 19.0. The molecule has 1 heterocycles. The molecule has 2 aromatic rings. The highest BCUT2D eigenvalue weighted by Crippen LogP contribution is 2.25. The van der Waals surface area contributed by atoms with Crippen LogP contribution in [-0.4, -0.2) is 41.9 Å². The van der Waals surface area contributed by atoms with E-state index in [4.69, 9.17) is 9.57 Å². The first-order valence-electron chi connectivity index (χ1n) is 9.93. The van der Waals surface area contributed by atoms with E-state index in [2.05, 4.69) is 10.5 Å². The van der Waals surface area contributed by atoms with E-state index in [1.54, 1.807) is 24.1 Å². The van der Waals surface area contributed by atoms with Crippen LogP contribution in [0.2, 0.25) is 0 Å². The van der Waals surface area contributed by atoms with Gasteiger partial charge in [-0.25, -0.2) is 9.18 Å². The molecule has 6 nitrogen and oxygen atoms in total. The second-order valence-corrected chi connectivity index (χ2v) is 8.36. The summed E-state index contributed by atoms with van der Waals surface area (Å²) in [4.78, 5) is 20.2. The molecule has 0 radical (unpaired) electrons. The Bertz CT molecular complexity index is 924. The van der Waals surface area contributed by atoms with Gasteiger partial charge < -0.3 is 19.8 Å². The molecule has 2 amide bonds. The van der Waals surface area contributed by atoms with Crippen LogP contribution < -0.4 is 10.1 Å². The molecule has 160 valence electrons. The molecular formula is C23H28FN3O3. The van der Waals surface area contributed by atoms with Crippen LogP contribution in [0.1, 0.15) is 38.3 Å². The second kappa shape index (κ2) is 9.15. The summed E-state index contributed by atoms with van der Waals surface area (Å²) in [5.74, 6) is 0.394. The van der Waals surface area contributed by atoms with Gasteiger partial charge in [-0.2, -0.15) is 0 Å². The van der Waals surface area contributed by atoms with E-state index in [1.165, 1.54) is 12.1 Å². The Hall–Kier alpha value is -3.09. The van der Waals surface area contributed by atoms with E-state index >= 15 is 0 Å². The third kappa shape index (κ3) is 5.72. The van der Waals surface area contributed by atoms with E-state index in [-0.39, 0.29) is 24.5 Å². The van der Waals surface area contributed by atoms with Crippen molar-refractivity contribution in [2.45, 2.75) is 45.4 Å². The maximum absolute atomic E-state index is 13.6. The standard InChI is InChI=1S/C23H28FN3O3/c1-23(2,3)25-22(28)27(14-16-8-7-9-17(24)12-16)15-18-13-20(26-30-18)19-10-5-6-11-21(19)29-4/h5-12,18H,13-15H2,1-4H3,(H,25,28)/t18-/m0/s1. The highest BCUT2D eigenvalue weighted by molar-refractivity contribution is 6.03. The molecule has 0 saturated carbocycles. The lowest BCUT2D eigenvalue weighted by molar-refractivity contribution is 0.0580. The van der Waals surface area contributed by atoms with Crippen LogP contribution >= 0.6 is 0 Å². The highest BCUT2D eigenvalue weighted by atomic mass is 19.1. The zero-order valence-corrected chi connectivity index (χ0v) is 17.8. The van der Waals surface area contributed by atoms with Gasteiger partial charge >= 0.3 is 6.03 Å². The van der Waals surface area contributed by atoms with Crippen molar-refractivity contribution in [3.8, 4) is 5.75 Å². The Morgan fingerprint density at radius 2 is 2.03 bits per heavy atom. The van der Waals surface area contributed by atoms with Crippen LogP contribution in [-0.2, 0) is 11.4 Å². The summed E-state index contributed by atoms with van der Waals surface area (Å²) in [7, 11) is 1.62. The number of amides is 2. The van der Waals surface area contributed by atoms with Crippen LogP contribution in [0.3, 0.4) is 0 Å². The summed E-state index contributed by atoms with van der Waals surface area (Å²) in [6.45, 7) is 6.34. The lowest BCUT2D eigenvalue weighted by Crippen LogP contribution is -2.50. The maximum Gasteiger partial charge on any atom is 0.318 e. The Balaban J connectivity index is 1.72. The number of carbonyl (C=O) groups is 1. The largest absolute Gasteiger partial charge is 0.496 e. The van der Waals surface area contributed by atoms with E-state index in [1.807, 2.05) is 45.0 Å². The first-order valence-corrected chi connectivity index (χ1v) is 9.93. The van der Waals surface area contributed by atoms with Crippen molar-refractivity contribution in [1.82, 2.24) is 10.2 Å². The third-order valence-corrected chi connectivity index (χ3v) is 4.61. The number of rotatable bonds is 6. The average Bonchev–Trinajstić information content (AvgIpc) is 3.14. The summed E-state index contributed by atoms with van der Waals surface area (Å²) in [6, 6.07) is 13.6. The number of methoxy groups -OCH3 is 1. The van der Waals surface area contributed by atoms with Gasteiger partial charge in [0.05, 0.1) is 19.4 Å². The van der Waals surface area contributed by atoms with Gasteiger partial charge in [0, 0.05) is 24.1 Å². The van der Waals surface area contributed by atoms with Crippen molar-refractivity contribution in [1.29, 1.82) is 0 Å². The molecule has 30 heavy (non-hydrogen) atoms. The van der Waals surface area contributed by atoms with Gasteiger partial charge in [-0.05, 0) is 50.6 Å². The van der Waals surface area contributed by atoms with Crippen molar-refractivity contribution in [3.05, 3.63) is 65.5 Å². The molecule has 0 unspecified atom stereocenters. The minimum atomic E-state index is -0.396. The molecule has 1 atom stereocenters. The van der Waals surface area contributed by atoms with Crippen molar-refractivity contribution in [2.75, 3.05) is 13.7 Å². The smallest absolute Gasteiger partial charge is 0.318 e. The molecule has 1 N–H and O–H groups in total. The molecule has 1 aliphatic rings. The zero-order valence-electron chi connectivity index (χ0n) is 17.8. The molecular weight excluding hydrogens is 385 g/mol. The van der Waals surface area contributed by atoms with E-state index in [0.29, 0.717) is 18.5 Å². The Labute approximate surface area is 176 Å². The van der Waals surface area contributed by atoms with Crippen LogP contribution in [0.15, 0.2) is 53.7 Å². The molecule has 3 rings (SSSR count). The van der Waals surface area contributed by atoms with Crippen molar-refractivity contribution >= 4 is 11.7 Å². The van der Waals surface area contributed by atoms with Crippen molar-refractivity contribution in [3.63, 3.8) is 0 Å². The lowest BCUT2D eigenvalue weighted by atomic mass is 10.0. The number of urea groups is 1. The van der Waals surface area contributed by atoms with Gasteiger partial charge in [-0.1, -0.05) is 29.4 Å². The van der Waals surface area contributed by atoms with Gasteiger partial charge in [-0.15, -0.1) is 0 Å². The Morgan fingerprint density at radius 1 is 1.27 bits per heavy atom. The highest BCUT2D eigenvalue weighted by Gasteiger charge is 2.29. The summed E-state index contributed by atoms with van der Waals surface area (Å²) in [6.07, 6.45) is 0.243. The first-order chi connectivity index (χ1) is 14.2. The molecule has 7 heteroatoms. The molecule has 0 aliphatic carbocycles. The van der Waals surface area contributed by atoms with Crippen LogP contribution in [0, 0.1) is 5.82 Å². The van der Waals surface area contributed by atoms with Gasteiger partial charge in [-0.3, -0.25) is 0 Å². The predicted molar refractivity (Wildman–Crippen MR) is 114 cm³/mol. The van der Waals surface area contributed by atoms with Gasteiger partial charge in [0.1, 0.15) is 11.6 Å². The van der Waals surface area contributed by atoms with Crippen LogP contribution in [0.5, 0.6) is 5.75 Å². The molecule has 0 aromatic heterocycles. The fraction of sp³-hybridized carbons (Fsp3) is 0.391. The zero-order chi connectivity index (χ0) is 21.7. The number of para-hydroxylation sites is 1. The average molecular weight is 413 g/mol. The van der Waals surface area contributed by atoms with Gasteiger partial charge in [0.15, 0.2) is 6.10 Å². The predicted octanol–water partition coefficient (Wildman–Crippen LogP) is 4.34. The number of oxime groups is 1. The molecule has 0 saturated heterocycles. The SMILES string of the molecule is COc1ccccc1C1=NO[C@H](CN(Cc2cccc(F)c2)C(=O)NC(C)(C)C)C1. The number of hydrogen-bond acceptors (Lipinski definition) is 4.